The molecule has 5 heteroatoms. The Balaban J connectivity index is 1.54. The number of nitrogens with one attached hydrogen (secondary N) is 2. The molecule has 2 fully saturated rings. The van der Waals surface area contributed by atoms with Crippen molar-refractivity contribution in [3.05, 3.63) is 42.1 Å². The Labute approximate surface area is 131 Å². The maximum absolute atomic E-state index is 11.3. The number of hydrogen-bond donors (Lipinski definition) is 2. The maximum Gasteiger partial charge on any atom is 0.224 e. The fraction of sp³-hybridized carbons (Fsp3) is 0.471. The summed E-state index contributed by atoms with van der Waals surface area (Å²) < 4.78 is 5.37. The normalized spacial score (nSPS) is 23.2. The van der Waals surface area contributed by atoms with Gasteiger partial charge in [-0.2, -0.15) is 0 Å². The van der Waals surface area contributed by atoms with Crippen LogP contribution in [0.2, 0.25) is 0 Å². The lowest BCUT2D eigenvalue weighted by molar-refractivity contribution is -0.121. The smallest absolute Gasteiger partial charge is 0.224 e. The summed E-state index contributed by atoms with van der Waals surface area (Å²) in [7, 11) is 0. The minimum Gasteiger partial charge on any atom is -0.379 e. The quantitative estimate of drug-likeness (QED) is 0.889. The number of carbonyl (C=O) groups is 1. The van der Waals surface area contributed by atoms with Gasteiger partial charge < -0.3 is 15.4 Å². The molecule has 22 heavy (non-hydrogen) atoms. The van der Waals surface area contributed by atoms with Crippen LogP contribution in [-0.2, 0) is 16.1 Å². The number of anilines is 1. The lowest BCUT2D eigenvalue weighted by Crippen LogP contribution is -2.39. The highest BCUT2D eigenvalue weighted by Crippen LogP contribution is 2.19. The van der Waals surface area contributed by atoms with Crippen molar-refractivity contribution in [2.45, 2.75) is 25.4 Å². The Morgan fingerprint density at radius 3 is 2.68 bits per heavy atom. The molecule has 1 amide bonds. The summed E-state index contributed by atoms with van der Waals surface area (Å²) in [6, 6.07) is 8.62. The minimum absolute atomic E-state index is 0.0592. The van der Waals surface area contributed by atoms with Gasteiger partial charge in [0.2, 0.25) is 5.91 Å². The van der Waals surface area contributed by atoms with Crippen LogP contribution in [0.4, 0.5) is 5.69 Å². The molecule has 2 saturated heterocycles. The van der Waals surface area contributed by atoms with E-state index in [9.17, 15) is 4.79 Å². The molecule has 1 aromatic carbocycles. The van der Waals surface area contributed by atoms with E-state index in [1.807, 2.05) is 0 Å². The predicted octanol–water partition coefficient (Wildman–Crippen LogP) is 1.72. The van der Waals surface area contributed by atoms with E-state index in [1.165, 1.54) is 5.56 Å². The second-order valence-electron chi connectivity index (χ2n) is 5.89. The van der Waals surface area contributed by atoms with Crippen molar-refractivity contribution in [2.75, 3.05) is 31.6 Å². The topological polar surface area (TPSA) is 53.6 Å². The number of benzene rings is 1. The second kappa shape index (κ2) is 6.94. The second-order valence-corrected chi connectivity index (χ2v) is 5.89. The molecule has 1 atom stereocenters. The van der Waals surface area contributed by atoms with Crippen molar-refractivity contribution in [3.63, 3.8) is 0 Å². The zero-order valence-corrected chi connectivity index (χ0v) is 12.8. The summed E-state index contributed by atoms with van der Waals surface area (Å²) in [6.45, 7) is 8.55. The van der Waals surface area contributed by atoms with E-state index in [-0.39, 0.29) is 11.9 Å². The van der Waals surface area contributed by atoms with Gasteiger partial charge in [-0.25, -0.2) is 0 Å². The van der Waals surface area contributed by atoms with Gasteiger partial charge in [0.15, 0.2) is 0 Å². The van der Waals surface area contributed by atoms with Gasteiger partial charge in [0.05, 0.1) is 19.3 Å². The average Bonchev–Trinajstić information content (AvgIpc) is 2.53. The van der Waals surface area contributed by atoms with E-state index in [0.717, 1.165) is 50.7 Å². The highest BCUT2D eigenvalue weighted by molar-refractivity contribution is 5.79. The van der Waals surface area contributed by atoms with E-state index < -0.39 is 0 Å². The van der Waals surface area contributed by atoms with Crippen molar-refractivity contribution >= 4 is 11.6 Å². The first-order chi connectivity index (χ1) is 10.7. The van der Waals surface area contributed by atoms with Gasteiger partial charge >= 0.3 is 0 Å². The third-order valence-corrected chi connectivity index (χ3v) is 4.19. The Hall–Kier alpha value is -1.85. The molecular weight excluding hydrogens is 278 g/mol. The predicted molar refractivity (Wildman–Crippen MR) is 86.5 cm³/mol. The third-order valence-electron chi connectivity index (χ3n) is 4.19. The molecule has 0 bridgehead atoms. The first-order valence-corrected chi connectivity index (χ1v) is 7.85. The van der Waals surface area contributed by atoms with Gasteiger partial charge in [0.1, 0.15) is 0 Å². The van der Waals surface area contributed by atoms with Crippen molar-refractivity contribution in [1.82, 2.24) is 10.2 Å². The highest BCUT2D eigenvalue weighted by atomic mass is 16.5. The lowest BCUT2D eigenvalue weighted by Gasteiger charge is -2.27. The van der Waals surface area contributed by atoms with Crippen LogP contribution in [0, 0.1) is 0 Å². The molecule has 0 radical (unpaired) electrons. The molecule has 1 aromatic rings. The van der Waals surface area contributed by atoms with Gasteiger partial charge in [-0.15, -0.1) is 0 Å². The molecule has 118 valence electrons. The maximum atomic E-state index is 11.3. The van der Waals surface area contributed by atoms with Gasteiger partial charge in [-0.05, 0) is 24.1 Å². The van der Waals surface area contributed by atoms with Gasteiger partial charge in [-0.1, -0.05) is 18.7 Å². The van der Waals surface area contributed by atoms with E-state index in [2.05, 4.69) is 46.4 Å². The molecule has 0 saturated carbocycles. The molecule has 2 aliphatic heterocycles. The number of ether oxygens (including phenoxy) is 1. The minimum atomic E-state index is 0.0592. The molecular formula is C17H23N3O2. The summed E-state index contributed by atoms with van der Waals surface area (Å²) >= 11 is 0. The van der Waals surface area contributed by atoms with Crippen molar-refractivity contribution in [2.24, 2.45) is 0 Å². The Morgan fingerprint density at radius 1 is 1.27 bits per heavy atom. The molecule has 0 aliphatic carbocycles. The van der Waals surface area contributed by atoms with E-state index in [1.54, 1.807) is 0 Å². The van der Waals surface area contributed by atoms with Crippen molar-refractivity contribution in [1.29, 1.82) is 0 Å². The number of amides is 1. The summed E-state index contributed by atoms with van der Waals surface area (Å²) in [6.07, 6.45) is 1.34. The van der Waals surface area contributed by atoms with E-state index >= 15 is 0 Å². The van der Waals surface area contributed by atoms with E-state index in [0.29, 0.717) is 6.42 Å². The van der Waals surface area contributed by atoms with Crippen LogP contribution < -0.4 is 10.6 Å². The number of nitrogens with zero attached hydrogens (tertiary/aromatic N) is 1. The van der Waals surface area contributed by atoms with E-state index in [4.69, 9.17) is 4.74 Å². The van der Waals surface area contributed by atoms with Crippen molar-refractivity contribution < 1.29 is 9.53 Å². The fourth-order valence-corrected chi connectivity index (χ4v) is 2.86. The van der Waals surface area contributed by atoms with Gasteiger partial charge in [-0.3, -0.25) is 9.69 Å². The molecule has 1 unspecified atom stereocenters. The van der Waals surface area contributed by atoms with Crippen LogP contribution in [0.3, 0.4) is 0 Å². The SMILES string of the molecule is C=C1NC(=O)CCC1Nc1ccc(CN2CCOCC2)cc1. The van der Waals surface area contributed by atoms with Crippen LogP contribution in [0.5, 0.6) is 0 Å². The zero-order valence-electron chi connectivity index (χ0n) is 12.8. The summed E-state index contributed by atoms with van der Waals surface area (Å²) in [5, 5.41) is 6.23. The number of morpholine rings is 1. The van der Waals surface area contributed by atoms with Crippen LogP contribution in [-0.4, -0.2) is 43.2 Å². The Kier molecular flexibility index (Phi) is 4.75. The molecule has 2 heterocycles. The molecule has 3 rings (SSSR count). The fourth-order valence-electron chi connectivity index (χ4n) is 2.86. The first-order valence-electron chi connectivity index (χ1n) is 7.85. The molecule has 2 aliphatic rings. The first kappa shape index (κ1) is 15.1. The largest absolute Gasteiger partial charge is 0.379 e. The third kappa shape index (κ3) is 3.87. The number of carbonyl (C=O) groups excluding carboxylic acids is 1. The standard InChI is InChI=1S/C17H23N3O2/c1-13-16(6-7-17(21)18-13)19-15-4-2-14(3-5-15)12-20-8-10-22-11-9-20/h2-5,16,19H,1,6-12H2,(H,18,21). The van der Waals surface area contributed by atoms with Crippen LogP contribution in [0.1, 0.15) is 18.4 Å². The number of rotatable bonds is 4. The Morgan fingerprint density at radius 2 is 2.00 bits per heavy atom. The number of hydrogen-bond acceptors (Lipinski definition) is 4. The molecule has 0 aromatic heterocycles. The van der Waals surface area contributed by atoms with Gasteiger partial charge in [0, 0.05) is 37.4 Å². The average molecular weight is 301 g/mol. The number of piperidine rings is 1. The molecule has 0 spiro atoms. The van der Waals surface area contributed by atoms with Crippen LogP contribution in [0.25, 0.3) is 0 Å². The molecule has 5 nitrogen and oxygen atoms in total. The monoisotopic (exact) mass is 301 g/mol. The van der Waals surface area contributed by atoms with Crippen LogP contribution in [0.15, 0.2) is 36.5 Å². The summed E-state index contributed by atoms with van der Waals surface area (Å²) in [4.78, 5) is 13.7. The Bertz CT molecular complexity index is 535. The molecule has 2 N–H and O–H groups in total. The zero-order chi connectivity index (χ0) is 15.4. The lowest BCUT2D eigenvalue weighted by atomic mass is 10.0. The van der Waals surface area contributed by atoms with Gasteiger partial charge in [0.25, 0.3) is 0 Å². The summed E-state index contributed by atoms with van der Waals surface area (Å²) in [5.74, 6) is 0.0592. The highest BCUT2D eigenvalue weighted by Gasteiger charge is 2.21. The van der Waals surface area contributed by atoms with Crippen LogP contribution >= 0.6 is 0 Å². The summed E-state index contributed by atoms with van der Waals surface area (Å²) in [5.41, 5.74) is 3.13. The van der Waals surface area contributed by atoms with Crippen molar-refractivity contribution in [3.8, 4) is 0 Å².